The zero-order valence-corrected chi connectivity index (χ0v) is 13.1. The molecule has 0 bridgehead atoms. The first-order chi connectivity index (χ1) is 8.52. The van der Waals surface area contributed by atoms with Gasteiger partial charge in [-0.05, 0) is 12.3 Å². The lowest BCUT2D eigenvalue weighted by molar-refractivity contribution is 0.202. The smallest absolute Gasteiger partial charge is 0.0954 e. The van der Waals surface area contributed by atoms with Crippen molar-refractivity contribution in [3.05, 3.63) is 15.6 Å². The van der Waals surface area contributed by atoms with Gasteiger partial charge >= 0.3 is 0 Å². The zero-order chi connectivity index (χ0) is 13.5. The highest BCUT2D eigenvalue weighted by molar-refractivity contribution is 7.11. The van der Waals surface area contributed by atoms with Crippen molar-refractivity contribution < 1.29 is 4.74 Å². The number of thiazole rings is 1. The molecule has 0 aromatic carbocycles. The molecular formula is C14H26N2OS. The average Bonchev–Trinajstić information content (AvgIpc) is 2.65. The Kier molecular flexibility index (Phi) is 6.82. The Labute approximate surface area is 115 Å². The van der Waals surface area contributed by atoms with Crippen LogP contribution in [0.1, 0.15) is 43.3 Å². The SMILES string of the molecule is COCCc1nc(CC(C)C)c(CNC(C)C)s1. The summed E-state index contributed by atoms with van der Waals surface area (Å²) in [6, 6.07) is 0.515. The van der Waals surface area contributed by atoms with Gasteiger partial charge in [-0.15, -0.1) is 11.3 Å². The van der Waals surface area contributed by atoms with Crippen LogP contribution in [0.2, 0.25) is 0 Å². The number of nitrogens with zero attached hydrogens (tertiary/aromatic N) is 1. The second-order valence-electron chi connectivity index (χ2n) is 5.35. The molecule has 0 amide bonds. The van der Waals surface area contributed by atoms with Gasteiger partial charge in [-0.3, -0.25) is 0 Å². The van der Waals surface area contributed by atoms with Crippen LogP contribution in [-0.4, -0.2) is 24.7 Å². The van der Waals surface area contributed by atoms with E-state index in [1.165, 1.54) is 15.6 Å². The van der Waals surface area contributed by atoms with Gasteiger partial charge in [0.05, 0.1) is 17.3 Å². The molecule has 0 aliphatic rings. The van der Waals surface area contributed by atoms with Crippen molar-refractivity contribution in [2.75, 3.05) is 13.7 Å². The van der Waals surface area contributed by atoms with E-state index < -0.39 is 0 Å². The van der Waals surface area contributed by atoms with E-state index in [4.69, 9.17) is 9.72 Å². The minimum absolute atomic E-state index is 0.515. The molecule has 0 saturated carbocycles. The molecule has 1 aromatic heterocycles. The van der Waals surface area contributed by atoms with Gasteiger partial charge in [-0.2, -0.15) is 0 Å². The Morgan fingerprint density at radius 2 is 2.00 bits per heavy atom. The molecule has 1 N–H and O–H groups in total. The summed E-state index contributed by atoms with van der Waals surface area (Å²) in [5, 5.41) is 4.69. The molecule has 0 aliphatic carbocycles. The number of hydrogen-bond donors (Lipinski definition) is 1. The maximum atomic E-state index is 5.13. The van der Waals surface area contributed by atoms with E-state index in [2.05, 4.69) is 33.0 Å². The predicted octanol–water partition coefficient (Wildman–Crippen LogP) is 3.03. The molecule has 1 aromatic rings. The summed E-state index contributed by atoms with van der Waals surface area (Å²) in [5.74, 6) is 0.653. The summed E-state index contributed by atoms with van der Waals surface area (Å²) < 4.78 is 5.13. The van der Waals surface area contributed by atoms with Gasteiger partial charge in [0, 0.05) is 31.0 Å². The molecule has 0 radical (unpaired) electrons. The van der Waals surface area contributed by atoms with Gasteiger partial charge < -0.3 is 10.1 Å². The molecule has 0 unspecified atom stereocenters. The second-order valence-corrected chi connectivity index (χ2v) is 6.52. The Bertz CT molecular complexity index is 348. The number of aromatic nitrogens is 1. The molecule has 1 rings (SSSR count). The van der Waals surface area contributed by atoms with E-state index in [0.717, 1.165) is 26.0 Å². The maximum absolute atomic E-state index is 5.13. The van der Waals surface area contributed by atoms with Crippen molar-refractivity contribution in [3.8, 4) is 0 Å². The lowest BCUT2D eigenvalue weighted by Crippen LogP contribution is -2.22. The van der Waals surface area contributed by atoms with E-state index in [-0.39, 0.29) is 0 Å². The molecular weight excluding hydrogens is 244 g/mol. The van der Waals surface area contributed by atoms with Crippen LogP contribution in [0.15, 0.2) is 0 Å². The van der Waals surface area contributed by atoms with Crippen molar-refractivity contribution in [1.29, 1.82) is 0 Å². The van der Waals surface area contributed by atoms with Crippen LogP contribution in [0.4, 0.5) is 0 Å². The molecule has 3 nitrogen and oxygen atoms in total. The van der Waals surface area contributed by atoms with Crippen LogP contribution in [0, 0.1) is 5.92 Å². The van der Waals surface area contributed by atoms with Gasteiger partial charge in [-0.1, -0.05) is 27.7 Å². The topological polar surface area (TPSA) is 34.1 Å². The lowest BCUT2D eigenvalue weighted by atomic mass is 10.1. The first-order valence-corrected chi connectivity index (χ1v) is 7.54. The Morgan fingerprint density at radius 1 is 1.28 bits per heavy atom. The quantitative estimate of drug-likeness (QED) is 0.788. The summed E-state index contributed by atoms with van der Waals surface area (Å²) in [6.07, 6.45) is 1.99. The molecule has 104 valence electrons. The molecule has 18 heavy (non-hydrogen) atoms. The Morgan fingerprint density at radius 3 is 2.56 bits per heavy atom. The third kappa shape index (κ3) is 5.46. The van der Waals surface area contributed by atoms with Crippen LogP contribution in [-0.2, 0) is 24.1 Å². The largest absolute Gasteiger partial charge is 0.384 e. The number of methoxy groups -OCH3 is 1. The molecule has 4 heteroatoms. The number of rotatable bonds is 8. The van der Waals surface area contributed by atoms with E-state index >= 15 is 0 Å². The summed E-state index contributed by atoms with van der Waals surface area (Å²) in [4.78, 5) is 6.16. The monoisotopic (exact) mass is 270 g/mol. The van der Waals surface area contributed by atoms with E-state index in [0.29, 0.717) is 12.0 Å². The summed E-state index contributed by atoms with van der Waals surface area (Å²) >= 11 is 1.83. The fraction of sp³-hybridized carbons (Fsp3) is 0.786. The molecule has 1 heterocycles. The number of nitrogens with one attached hydrogen (secondary N) is 1. The van der Waals surface area contributed by atoms with E-state index in [9.17, 15) is 0 Å². The third-order valence-electron chi connectivity index (χ3n) is 2.62. The molecule has 0 fully saturated rings. The highest BCUT2D eigenvalue weighted by Crippen LogP contribution is 2.22. The molecule has 0 aliphatic heterocycles. The van der Waals surface area contributed by atoms with Crippen molar-refractivity contribution >= 4 is 11.3 Å². The van der Waals surface area contributed by atoms with Crippen molar-refractivity contribution in [2.45, 2.75) is 53.1 Å². The van der Waals surface area contributed by atoms with Gasteiger partial charge in [0.1, 0.15) is 0 Å². The summed E-state index contributed by atoms with van der Waals surface area (Å²) in [5.41, 5.74) is 1.27. The van der Waals surface area contributed by atoms with Crippen LogP contribution >= 0.6 is 11.3 Å². The minimum atomic E-state index is 0.515. The number of ether oxygens (including phenoxy) is 1. The first-order valence-electron chi connectivity index (χ1n) is 6.72. The highest BCUT2D eigenvalue weighted by Gasteiger charge is 2.12. The summed E-state index contributed by atoms with van der Waals surface area (Å²) in [6.45, 7) is 10.5. The van der Waals surface area contributed by atoms with Crippen LogP contribution in [0.5, 0.6) is 0 Å². The minimum Gasteiger partial charge on any atom is -0.384 e. The van der Waals surface area contributed by atoms with Crippen molar-refractivity contribution in [3.63, 3.8) is 0 Å². The third-order valence-corrected chi connectivity index (χ3v) is 3.77. The van der Waals surface area contributed by atoms with Crippen LogP contribution < -0.4 is 5.32 Å². The molecule has 0 atom stereocenters. The lowest BCUT2D eigenvalue weighted by Gasteiger charge is -2.08. The molecule has 0 saturated heterocycles. The normalized spacial score (nSPS) is 11.7. The highest BCUT2D eigenvalue weighted by atomic mass is 32.1. The average molecular weight is 270 g/mol. The second kappa shape index (κ2) is 7.87. The fourth-order valence-electron chi connectivity index (χ4n) is 1.71. The van der Waals surface area contributed by atoms with Gasteiger partial charge in [0.25, 0.3) is 0 Å². The van der Waals surface area contributed by atoms with Gasteiger partial charge in [0.2, 0.25) is 0 Å². The maximum Gasteiger partial charge on any atom is 0.0954 e. The first kappa shape index (κ1) is 15.6. The molecule has 0 spiro atoms. The Hall–Kier alpha value is -0.450. The van der Waals surface area contributed by atoms with Crippen molar-refractivity contribution in [2.24, 2.45) is 5.92 Å². The van der Waals surface area contributed by atoms with Crippen LogP contribution in [0.3, 0.4) is 0 Å². The predicted molar refractivity (Wildman–Crippen MR) is 78.2 cm³/mol. The Balaban J connectivity index is 2.72. The van der Waals surface area contributed by atoms with Crippen molar-refractivity contribution in [1.82, 2.24) is 10.3 Å². The number of hydrogen-bond acceptors (Lipinski definition) is 4. The van der Waals surface area contributed by atoms with E-state index in [1.54, 1.807) is 7.11 Å². The van der Waals surface area contributed by atoms with Gasteiger partial charge in [0.15, 0.2) is 0 Å². The van der Waals surface area contributed by atoms with E-state index in [1.807, 2.05) is 11.3 Å². The fourth-order valence-corrected chi connectivity index (χ4v) is 2.74. The summed E-state index contributed by atoms with van der Waals surface area (Å²) in [7, 11) is 1.74. The zero-order valence-electron chi connectivity index (χ0n) is 12.2. The van der Waals surface area contributed by atoms with Crippen LogP contribution in [0.25, 0.3) is 0 Å². The van der Waals surface area contributed by atoms with Gasteiger partial charge in [-0.25, -0.2) is 4.98 Å². The standard InChI is InChI=1S/C14H26N2OS/c1-10(2)8-12-13(9-15-11(3)4)18-14(16-12)6-7-17-5/h10-11,15H,6-9H2,1-5H3.